The Labute approximate surface area is 75.6 Å². The van der Waals surface area contributed by atoms with Crippen LogP contribution in [0.15, 0.2) is 18.3 Å². The maximum atomic E-state index is 12.8. The number of likely N-dealkylation sites (tertiary alicyclic amines) is 1. The molecule has 0 spiro atoms. The molecule has 0 atom stereocenters. The van der Waals surface area contributed by atoms with Gasteiger partial charge >= 0.3 is 0 Å². The molecule has 13 heavy (non-hydrogen) atoms. The van der Waals surface area contributed by atoms with Crippen molar-refractivity contribution in [1.29, 1.82) is 0 Å². The second-order valence-electron chi connectivity index (χ2n) is 3.51. The molecule has 1 N–H and O–H groups in total. The molecule has 0 aromatic carbocycles. The SMILES string of the molecule is FC1(F)CCN(Cc2ccc[nH]2)C1. The van der Waals surface area contributed by atoms with E-state index in [9.17, 15) is 8.78 Å². The molecule has 72 valence electrons. The molecular weight excluding hydrogens is 174 g/mol. The minimum Gasteiger partial charge on any atom is -0.364 e. The first-order valence-corrected chi connectivity index (χ1v) is 4.38. The van der Waals surface area contributed by atoms with Gasteiger partial charge in [-0.25, -0.2) is 8.78 Å². The molecule has 0 unspecified atom stereocenters. The summed E-state index contributed by atoms with van der Waals surface area (Å²) in [6, 6.07) is 3.79. The molecule has 2 heterocycles. The fraction of sp³-hybridized carbons (Fsp3) is 0.556. The summed E-state index contributed by atoms with van der Waals surface area (Å²) in [5, 5.41) is 0. The Hall–Kier alpha value is -0.900. The zero-order chi connectivity index (χ0) is 9.31. The summed E-state index contributed by atoms with van der Waals surface area (Å²) in [7, 11) is 0. The van der Waals surface area contributed by atoms with Crippen LogP contribution in [-0.4, -0.2) is 28.9 Å². The molecular formula is C9H12F2N2. The van der Waals surface area contributed by atoms with E-state index in [0.29, 0.717) is 13.1 Å². The molecule has 1 aliphatic heterocycles. The van der Waals surface area contributed by atoms with Crippen molar-refractivity contribution in [2.24, 2.45) is 0 Å². The lowest BCUT2D eigenvalue weighted by atomic mass is 10.3. The van der Waals surface area contributed by atoms with Gasteiger partial charge in [-0.1, -0.05) is 0 Å². The monoisotopic (exact) mass is 186 g/mol. The molecule has 1 saturated heterocycles. The van der Waals surface area contributed by atoms with Gasteiger partial charge in [0.2, 0.25) is 0 Å². The number of alkyl halides is 2. The van der Waals surface area contributed by atoms with Gasteiger partial charge in [-0.2, -0.15) is 0 Å². The van der Waals surface area contributed by atoms with Crippen molar-refractivity contribution in [1.82, 2.24) is 9.88 Å². The number of hydrogen-bond donors (Lipinski definition) is 1. The maximum absolute atomic E-state index is 12.8. The van der Waals surface area contributed by atoms with Gasteiger partial charge in [-0.05, 0) is 12.1 Å². The Bertz CT molecular complexity index is 269. The highest BCUT2D eigenvalue weighted by Gasteiger charge is 2.37. The average molecular weight is 186 g/mol. The fourth-order valence-corrected chi connectivity index (χ4v) is 1.65. The van der Waals surface area contributed by atoms with Crippen LogP contribution in [0, 0.1) is 0 Å². The summed E-state index contributed by atoms with van der Waals surface area (Å²) in [5.74, 6) is -2.48. The molecule has 2 rings (SSSR count). The van der Waals surface area contributed by atoms with E-state index in [-0.39, 0.29) is 13.0 Å². The summed E-state index contributed by atoms with van der Waals surface area (Å²) in [5.41, 5.74) is 0.998. The number of nitrogens with one attached hydrogen (secondary N) is 1. The number of hydrogen-bond acceptors (Lipinski definition) is 1. The third kappa shape index (κ3) is 2.06. The Balaban J connectivity index is 1.91. The summed E-state index contributed by atoms with van der Waals surface area (Å²) in [6.45, 7) is 0.987. The van der Waals surface area contributed by atoms with Crippen molar-refractivity contribution in [3.05, 3.63) is 24.0 Å². The van der Waals surface area contributed by atoms with E-state index in [1.54, 1.807) is 4.90 Å². The van der Waals surface area contributed by atoms with Crippen LogP contribution in [0.1, 0.15) is 12.1 Å². The van der Waals surface area contributed by atoms with Crippen LogP contribution in [0.5, 0.6) is 0 Å². The zero-order valence-corrected chi connectivity index (χ0v) is 7.26. The van der Waals surface area contributed by atoms with E-state index < -0.39 is 5.92 Å². The summed E-state index contributed by atoms with van der Waals surface area (Å²) in [4.78, 5) is 4.77. The zero-order valence-electron chi connectivity index (χ0n) is 7.26. The topological polar surface area (TPSA) is 19.0 Å². The molecule has 4 heteroatoms. The number of nitrogens with zero attached hydrogens (tertiary/aromatic N) is 1. The molecule has 1 aliphatic rings. The van der Waals surface area contributed by atoms with E-state index in [1.165, 1.54) is 0 Å². The second kappa shape index (κ2) is 3.10. The molecule has 0 amide bonds. The van der Waals surface area contributed by atoms with E-state index in [1.807, 2.05) is 18.3 Å². The van der Waals surface area contributed by atoms with Gasteiger partial charge < -0.3 is 4.98 Å². The van der Waals surface area contributed by atoms with Gasteiger partial charge in [0, 0.05) is 31.4 Å². The van der Waals surface area contributed by atoms with Gasteiger partial charge in [-0.15, -0.1) is 0 Å². The lowest BCUT2D eigenvalue weighted by Crippen LogP contribution is -2.24. The quantitative estimate of drug-likeness (QED) is 0.746. The molecule has 1 aromatic rings. The standard InChI is InChI=1S/C9H12F2N2/c10-9(11)3-5-13(7-9)6-8-2-1-4-12-8/h1-2,4,12H,3,5-7H2. The smallest absolute Gasteiger partial charge is 0.261 e. The van der Waals surface area contributed by atoms with Crippen molar-refractivity contribution in [3.63, 3.8) is 0 Å². The lowest BCUT2D eigenvalue weighted by Gasteiger charge is -2.13. The van der Waals surface area contributed by atoms with Gasteiger partial charge in [0.15, 0.2) is 0 Å². The first-order chi connectivity index (χ1) is 6.16. The predicted molar refractivity (Wildman–Crippen MR) is 45.6 cm³/mol. The van der Waals surface area contributed by atoms with Crippen molar-refractivity contribution in [2.75, 3.05) is 13.1 Å². The first kappa shape index (κ1) is 8.69. The molecule has 1 aromatic heterocycles. The highest BCUT2D eigenvalue weighted by Crippen LogP contribution is 2.27. The summed E-state index contributed by atoms with van der Waals surface area (Å²) < 4.78 is 25.5. The number of aromatic amines is 1. The number of rotatable bonds is 2. The molecule has 2 nitrogen and oxygen atoms in total. The average Bonchev–Trinajstić information content (AvgIpc) is 2.61. The largest absolute Gasteiger partial charge is 0.364 e. The van der Waals surface area contributed by atoms with Crippen LogP contribution in [-0.2, 0) is 6.54 Å². The molecule has 1 fully saturated rings. The Morgan fingerprint density at radius 3 is 2.92 bits per heavy atom. The van der Waals surface area contributed by atoms with E-state index in [2.05, 4.69) is 4.98 Å². The van der Waals surface area contributed by atoms with Gasteiger partial charge in [-0.3, -0.25) is 4.90 Å². The predicted octanol–water partition coefficient (Wildman–Crippen LogP) is 1.86. The lowest BCUT2D eigenvalue weighted by molar-refractivity contribution is 0.0114. The number of halogens is 2. The highest BCUT2D eigenvalue weighted by molar-refractivity contribution is 5.04. The Morgan fingerprint density at radius 2 is 2.38 bits per heavy atom. The molecule has 0 radical (unpaired) electrons. The first-order valence-electron chi connectivity index (χ1n) is 4.38. The minimum absolute atomic E-state index is 0.00624. The van der Waals surface area contributed by atoms with Crippen molar-refractivity contribution in [2.45, 2.75) is 18.9 Å². The minimum atomic E-state index is -2.48. The number of H-pyrrole nitrogens is 1. The normalized spacial score (nSPS) is 22.3. The maximum Gasteiger partial charge on any atom is 0.261 e. The van der Waals surface area contributed by atoms with Gasteiger partial charge in [0.1, 0.15) is 0 Å². The molecule has 0 saturated carbocycles. The molecule has 0 aliphatic carbocycles. The Morgan fingerprint density at radius 1 is 1.54 bits per heavy atom. The van der Waals surface area contributed by atoms with Crippen LogP contribution in [0.3, 0.4) is 0 Å². The Kier molecular flexibility index (Phi) is 2.07. The third-order valence-electron chi connectivity index (χ3n) is 2.31. The fourth-order valence-electron chi connectivity index (χ4n) is 1.65. The van der Waals surface area contributed by atoms with E-state index in [0.717, 1.165) is 5.69 Å². The summed E-state index contributed by atoms with van der Waals surface area (Å²) in [6.07, 6.45) is 1.80. The van der Waals surface area contributed by atoms with Crippen molar-refractivity contribution >= 4 is 0 Å². The van der Waals surface area contributed by atoms with E-state index in [4.69, 9.17) is 0 Å². The van der Waals surface area contributed by atoms with Crippen LogP contribution in [0.2, 0.25) is 0 Å². The second-order valence-corrected chi connectivity index (χ2v) is 3.51. The third-order valence-corrected chi connectivity index (χ3v) is 2.31. The number of aromatic nitrogens is 1. The van der Waals surface area contributed by atoms with Crippen LogP contribution < -0.4 is 0 Å². The van der Waals surface area contributed by atoms with Crippen LogP contribution in [0.4, 0.5) is 8.78 Å². The van der Waals surface area contributed by atoms with Crippen LogP contribution in [0.25, 0.3) is 0 Å². The van der Waals surface area contributed by atoms with Gasteiger partial charge in [0.05, 0.1) is 6.54 Å². The van der Waals surface area contributed by atoms with Crippen molar-refractivity contribution in [3.8, 4) is 0 Å². The van der Waals surface area contributed by atoms with Crippen LogP contribution >= 0.6 is 0 Å². The molecule has 0 bridgehead atoms. The van der Waals surface area contributed by atoms with E-state index >= 15 is 0 Å². The van der Waals surface area contributed by atoms with Crippen molar-refractivity contribution < 1.29 is 8.78 Å². The van der Waals surface area contributed by atoms with Gasteiger partial charge in [0.25, 0.3) is 5.92 Å². The summed E-state index contributed by atoms with van der Waals surface area (Å²) >= 11 is 0. The highest BCUT2D eigenvalue weighted by atomic mass is 19.3.